The highest BCUT2D eigenvalue weighted by molar-refractivity contribution is 7.89. The number of benzene rings is 1. The van der Waals surface area contributed by atoms with Gasteiger partial charge < -0.3 is 9.84 Å². The second-order valence-electron chi connectivity index (χ2n) is 5.62. The number of hydrogen-bond donors (Lipinski definition) is 2. The Morgan fingerprint density at radius 2 is 2.00 bits per heavy atom. The van der Waals surface area contributed by atoms with Crippen molar-refractivity contribution in [1.29, 1.82) is 0 Å². The SMILES string of the molecule is Cc1cc(C)c(S(=O)(=O)NCCOCC2CC2)cc1CO. The number of ether oxygens (including phenoxy) is 1. The van der Waals surface area contributed by atoms with Crippen LogP contribution in [-0.2, 0) is 21.4 Å². The average Bonchev–Trinajstić information content (AvgIpc) is 3.22. The molecule has 0 unspecified atom stereocenters. The number of aliphatic hydroxyl groups is 1. The van der Waals surface area contributed by atoms with Gasteiger partial charge in [-0.25, -0.2) is 13.1 Å². The topological polar surface area (TPSA) is 75.6 Å². The standard InChI is InChI=1S/C15H23NO4S/c1-11-7-12(2)15(8-14(11)9-17)21(18,19)16-5-6-20-10-13-3-4-13/h7-8,13,16-17H,3-6,9-10H2,1-2H3. The summed E-state index contributed by atoms with van der Waals surface area (Å²) in [5.74, 6) is 0.674. The molecule has 1 aromatic rings. The maximum absolute atomic E-state index is 12.3. The molecule has 0 bridgehead atoms. The Morgan fingerprint density at radius 1 is 1.29 bits per heavy atom. The van der Waals surface area contributed by atoms with Gasteiger partial charge in [0.25, 0.3) is 0 Å². The van der Waals surface area contributed by atoms with Crippen molar-refractivity contribution in [1.82, 2.24) is 4.72 Å². The van der Waals surface area contributed by atoms with Gasteiger partial charge in [-0.3, -0.25) is 0 Å². The Labute approximate surface area is 126 Å². The predicted molar refractivity (Wildman–Crippen MR) is 80.6 cm³/mol. The van der Waals surface area contributed by atoms with E-state index < -0.39 is 10.0 Å². The summed E-state index contributed by atoms with van der Waals surface area (Å²) in [4.78, 5) is 0.222. The van der Waals surface area contributed by atoms with Crippen LogP contribution < -0.4 is 4.72 Å². The second kappa shape index (κ2) is 6.87. The normalized spacial score (nSPS) is 15.4. The van der Waals surface area contributed by atoms with Crippen LogP contribution >= 0.6 is 0 Å². The molecule has 2 rings (SSSR count). The van der Waals surface area contributed by atoms with E-state index in [0.29, 0.717) is 23.7 Å². The lowest BCUT2D eigenvalue weighted by molar-refractivity contribution is 0.129. The average molecular weight is 313 g/mol. The third-order valence-corrected chi connectivity index (χ3v) is 5.29. The van der Waals surface area contributed by atoms with Gasteiger partial charge in [0.05, 0.1) is 18.1 Å². The third-order valence-electron chi connectivity index (χ3n) is 3.68. The van der Waals surface area contributed by atoms with Gasteiger partial charge in [0.1, 0.15) is 0 Å². The molecule has 21 heavy (non-hydrogen) atoms. The smallest absolute Gasteiger partial charge is 0.240 e. The molecule has 1 saturated carbocycles. The Bertz CT molecular complexity index is 594. The van der Waals surface area contributed by atoms with Crippen LogP contribution in [0.1, 0.15) is 29.5 Å². The molecule has 0 atom stereocenters. The van der Waals surface area contributed by atoms with Crippen LogP contribution in [0.15, 0.2) is 17.0 Å². The monoisotopic (exact) mass is 313 g/mol. The van der Waals surface area contributed by atoms with Crippen LogP contribution in [0.3, 0.4) is 0 Å². The first-order valence-corrected chi connectivity index (χ1v) is 8.70. The Kier molecular flexibility index (Phi) is 5.37. The summed E-state index contributed by atoms with van der Waals surface area (Å²) < 4.78 is 32.5. The van der Waals surface area contributed by atoms with Crippen molar-refractivity contribution >= 4 is 10.0 Å². The summed E-state index contributed by atoms with van der Waals surface area (Å²) in [6, 6.07) is 3.32. The van der Waals surface area contributed by atoms with Crippen molar-refractivity contribution in [2.24, 2.45) is 5.92 Å². The number of aryl methyl sites for hydroxylation is 2. The first-order valence-electron chi connectivity index (χ1n) is 7.22. The van der Waals surface area contributed by atoms with E-state index in [4.69, 9.17) is 4.74 Å². The minimum absolute atomic E-state index is 0.168. The van der Waals surface area contributed by atoms with Gasteiger partial charge in [0, 0.05) is 13.2 Å². The molecule has 0 spiro atoms. The van der Waals surface area contributed by atoms with Gasteiger partial charge in [-0.05, 0) is 55.4 Å². The molecule has 118 valence electrons. The molecule has 1 aromatic carbocycles. The Hall–Kier alpha value is -0.950. The lowest BCUT2D eigenvalue weighted by atomic mass is 10.1. The van der Waals surface area contributed by atoms with E-state index in [-0.39, 0.29) is 18.0 Å². The van der Waals surface area contributed by atoms with Gasteiger partial charge in [-0.15, -0.1) is 0 Å². The van der Waals surface area contributed by atoms with E-state index in [0.717, 1.165) is 12.2 Å². The molecule has 0 heterocycles. The molecule has 1 aliphatic rings. The Balaban J connectivity index is 1.97. The van der Waals surface area contributed by atoms with E-state index in [1.54, 1.807) is 13.0 Å². The fourth-order valence-corrected chi connectivity index (χ4v) is 3.48. The van der Waals surface area contributed by atoms with Crippen LogP contribution in [0.4, 0.5) is 0 Å². The van der Waals surface area contributed by atoms with Crippen molar-refractivity contribution in [3.05, 3.63) is 28.8 Å². The molecular formula is C15H23NO4S. The minimum atomic E-state index is -3.57. The lowest BCUT2D eigenvalue weighted by Gasteiger charge is -2.12. The lowest BCUT2D eigenvalue weighted by Crippen LogP contribution is -2.28. The summed E-state index contributed by atoms with van der Waals surface area (Å²) in [7, 11) is -3.57. The zero-order valence-corrected chi connectivity index (χ0v) is 13.4. The van der Waals surface area contributed by atoms with E-state index >= 15 is 0 Å². The molecule has 5 nitrogen and oxygen atoms in total. The molecular weight excluding hydrogens is 290 g/mol. The molecule has 2 N–H and O–H groups in total. The molecule has 0 aromatic heterocycles. The van der Waals surface area contributed by atoms with Gasteiger partial charge in [0.2, 0.25) is 10.0 Å². The number of nitrogens with one attached hydrogen (secondary N) is 1. The second-order valence-corrected chi connectivity index (χ2v) is 7.35. The zero-order chi connectivity index (χ0) is 15.5. The van der Waals surface area contributed by atoms with Gasteiger partial charge in [-0.2, -0.15) is 0 Å². The van der Waals surface area contributed by atoms with E-state index in [1.807, 2.05) is 6.92 Å². The third kappa shape index (κ3) is 4.51. The maximum Gasteiger partial charge on any atom is 0.240 e. The maximum atomic E-state index is 12.3. The summed E-state index contributed by atoms with van der Waals surface area (Å²) in [5.41, 5.74) is 2.20. The highest BCUT2D eigenvalue weighted by atomic mass is 32.2. The van der Waals surface area contributed by atoms with Crippen LogP contribution in [0.25, 0.3) is 0 Å². The fourth-order valence-electron chi connectivity index (χ4n) is 2.19. The molecule has 1 fully saturated rings. The van der Waals surface area contributed by atoms with Crippen molar-refractivity contribution < 1.29 is 18.3 Å². The van der Waals surface area contributed by atoms with Crippen LogP contribution in [0.2, 0.25) is 0 Å². The summed E-state index contributed by atoms with van der Waals surface area (Å²) in [6.07, 6.45) is 2.44. The van der Waals surface area contributed by atoms with Crippen LogP contribution in [0.5, 0.6) is 0 Å². The van der Waals surface area contributed by atoms with Gasteiger partial charge in [0.15, 0.2) is 0 Å². The highest BCUT2D eigenvalue weighted by Gasteiger charge is 2.21. The molecule has 0 amide bonds. The molecule has 6 heteroatoms. The number of sulfonamides is 1. The highest BCUT2D eigenvalue weighted by Crippen LogP contribution is 2.28. The molecule has 0 aliphatic heterocycles. The Morgan fingerprint density at radius 3 is 2.62 bits per heavy atom. The predicted octanol–water partition coefficient (Wildman–Crippen LogP) is 1.50. The van der Waals surface area contributed by atoms with Crippen molar-refractivity contribution in [3.8, 4) is 0 Å². The van der Waals surface area contributed by atoms with E-state index in [1.165, 1.54) is 18.9 Å². The van der Waals surface area contributed by atoms with Crippen LogP contribution in [-0.4, -0.2) is 33.3 Å². The first-order chi connectivity index (χ1) is 9.94. The quantitative estimate of drug-likeness (QED) is 0.713. The van der Waals surface area contributed by atoms with E-state index in [9.17, 15) is 13.5 Å². The largest absolute Gasteiger partial charge is 0.392 e. The molecule has 0 saturated heterocycles. The first kappa shape index (κ1) is 16.4. The number of aliphatic hydroxyl groups excluding tert-OH is 1. The van der Waals surface area contributed by atoms with Crippen molar-refractivity contribution in [2.45, 2.75) is 38.2 Å². The summed E-state index contributed by atoms with van der Waals surface area (Å²) in [5, 5.41) is 9.27. The number of rotatable bonds is 8. The fraction of sp³-hybridized carbons (Fsp3) is 0.600. The minimum Gasteiger partial charge on any atom is -0.392 e. The van der Waals surface area contributed by atoms with Crippen LogP contribution in [0, 0.1) is 19.8 Å². The van der Waals surface area contributed by atoms with Crippen molar-refractivity contribution in [2.75, 3.05) is 19.8 Å². The molecule has 0 radical (unpaired) electrons. The summed E-state index contributed by atoms with van der Waals surface area (Å²) in [6.45, 7) is 4.81. The zero-order valence-electron chi connectivity index (χ0n) is 12.6. The number of hydrogen-bond acceptors (Lipinski definition) is 4. The van der Waals surface area contributed by atoms with Crippen molar-refractivity contribution in [3.63, 3.8) is 0 Å². The van der Waals surface area contributed by atoms with Gasteiger partial charge >= 0.3 is 0 Å². The molecule has 1 aliphatic carbocycles. The summed E-state index contributed by atoms with van der Waals surface area (Å²) >= 11 is 0. The van der Waals surface area contributed by atoms with E-state index in [2.05, 4.69) is 4.72 Å². The van der Waals surface area contributed by atoms with Gasteiger partial charge in [-0.1, -0.05) is 6.07 Å².